The molecular formula is C6H13NO4S. The summed E-state index contributed by atoms with van der Waals surface area (Å²) in [5, 5.41) is 4.83. The number of rotatable bonds is 3. The lowest BCUT2D eigenvalue weighted by atomic mass is 10.3. The summed E-state index contributed by atoms with van der Waals surface area (Å²) in [6.45, 7) is 1.59. The van der Waals surface area contributed by atoms with Gasteiger partial charge in [0.1, 0.15) is 0 Å². The van der Waals surface area contributed by atoms with E-state index in [9.17, 15) is 8.42 Å². The molecule has 1 heterocycles. The lowest BCUT2D eigenvalue weighted by Crippen LogP contribution is -2.31. The highest BCUT2D eigenvalue weighted by Gasteiger charge is 2.16. The van der Waals surface area contributed by atoms with Crippen molar-refractivity contribution in [3.63, 3.8) is 0 Å². The van der Waals surface area contributed by atoms with Gasteiger partial charge in [-0.05, 0) is 6.42 Å². The number of nitrogens with two attached hydrogens (primary N) is 1. The minimum absolute atomic E-state index is 0.0406. The van der Waals surface area contributed by atoms with Crippen molar-refractivity contribution < 1.29 is 17.9 Å². The molecule has 1 unspecified atom stereocenters. The number of primary sulfonamides is 1. The molecule has 72 valence electrons. The van der Waals surface area contributed by atoms with Crippen molar-refractivity contribution in [2.75, 3.05) is 25.6 Å². The molecule has 0 saturated carbocycles. The van der Waals surface area contributed by atoms with E-state index < -0.39 is 10.0 Å². The summed E-state index contributed by atoms with van der Waals surface area (Å²) in [7, 11) is -3.36. The zero-order valence-electron chi connectivity index (χ0n) is 6.73. The number of hydrogen-bond donors (Lipinski definition) is 1. The summed E-state index contributed by atoms with van der Waals surface area (Å²) in [5.74, 6) is -0.0406. The highest BCUT2D eigenvalue weighted by atomic mass is 32.2. The van der Waals surface area contributed by atoms with Crippen LogP contribution in [0.25, 0.3) is 0 Å². The molecule has 1 aliphatic rings. The van der Waals surface area contributed by atoms with E-state index in [1.54, 1.807) is 0 Å². The molecule has 0 amide bonds. The third-order valence-corrected chi connectivity index (χ3v) is 2.41. The van der Waals surface area contributed by atoms with E-state index >= 15 is 0 Å². The van der Waals surface area contributed by atoms with Gasteiger partial charge in [-0.1, -0.05) is 0 Å². The highest BCUT2D eigenvalue weighted by Crippen LogP contribution is 2.05. The topological polar surface area (TPSA) is 78.6 Å². The maximum atomic E-state index is 10.6. The minimum atomic E-state index is -3.36. The fourth-order valence-corrected chi connectivity index (χ4v) is 1.59. The average Bonchev–Trinajstić information content (AvgIpc) is 2.02. The van der Waals surface area contributed by atoms with Crippen LogP contribution in [0.5, 0.6) is 0 Å². The number of ether oxygens (including phenoxy) is 2. The fraction of sp³-hybridized carbons (Fsp3) is 1.00. The average molecular weight is 195 g/mol. The maximum Gasteiger partial charge on any atom is 0.209 e. The van der Waals surface area contributed by atoms with Crippen LogP contribution in [-0.4, -0.2) is 40.1 Å². The molecule has 0 bridgehead atoms. The molecule has 0 aromatic carbocycles. The lowest BCUT2D eigenvalue weighted by Gasteiger charge is -2.22. The molecule has 6 heteroatoms. The van der Waals surface area contributed by atoms with Gasteiger partial charge in [-0.15, -0.1) is 0 Å². The summed E-state index contributed by atoms with van der Waals surface area (Å²) in [5.41, 5.74) is 0. The van der Waals surface area contributed by atoms with E-state index in [-0.39, 0.29) is 11.9 Å². The molecule has 1 aliphatic heterocycles. The Kier molecular flexibility index (Phi) is 3.45. The van der Waals surface area contributed by atoms with Crippen molar-refractivity contribution in [1.82, 2.24) is 0 Å². The van der Waals surface area contributed by atoms with Gasteiger partial charge in [-0.3, -0.25) is 0 Å². The van der Waals surface area contributed by atoms with E-state index in [2.05, 4.69) is 0 Å². The summed E-state index contributed by atoms with van der Waals surface area (Å²) in [6, 6.07) is 0. The predicted octanol–water partition coefficient (Wildman–Crippen LogP) is -0.920. The van der Waals surface area contributed by atoms with E-state index in [0.29, 0.717) is 26.2 Å². The van der Waals surface area contributed by atoms with Crippen LogP contribution in [-0.2, 0) is 19.5 Å². The van der Waals surface area contributed by atoms with Crippen LogP contribution in [0.3, 0.4) is 0 Å². The Balaban J connectivity index is 2.22. The van der Waals surface area contributed by atoms with Gasteiger partial charge in [0.15, 0.2) is 0 Å². The van der Waals surface area contributed by atoms with Crippen LogP contribution in [0.2, 0.25) is 0 Å². The Morgan fingerprint density at radius 3 is 2.67 bits per heavy atom. The molecule has 0 radical (unpaired) electrons. The first-order chi connectivity index (χ1) is 5.58. The monoisotopic (exact) mass is 195 g/mol. The zero-order valence-corrected chi connectivity index (χ0v) is 7.55. The van der Waals surface area contributed by atoms with E-state index in [0.717, 1.165) is 0 Å². The summed E-state index contributed by atoms with van der Waals surface area (Å²) in [6.07, 6.45) is 0.302. The molecule has 1 atom stereocenters. The highest BCUT2D eigenvalue weighted by molar-refractivity contribution is 7.89. The van der Waals surface area contributed by atoms with E-state index in [4.69, 9.17) is 14.6 Å². The largest absolute Gasteiger partial charge is 0.376 e. The molecule has 0 aromatic heterocycles. The molecule has 0 aliphatic carbocycles. The van der Waals surface area contributed by atoms with Gasteiger partial charge in [0, 0.05) is 0 Å². The van der Waals surface area contributed by atoms with Crippen LogP contribution in [0.1, 0.15) is 6.42 Å². The van der Waals surface area contributed by atoms with Crippen molar-refractivity contribution in [2.45, 2.75) is 12.5 Å². The van der Waals surface area contributed by atoms with Gasteiger partial charge >= 0.3 is 0 Å². The minimum Gasteiger partial charge on any atom is -0.376 e. The molecule has 2 N–H and O–H groups in total. The molecular weight excluding hydrogens is 182 g/mol. The standard InChI is InChI=1S/C6H13NO4S/c7-12(8,9)4-1-6-5-10-2-3-11-6/h6H,1-5H2,(H2,7,8,9). The first-order valence-corrected chi connectivity index (χ1v) is 5.49. The van der Waals surface area contributed by atoms with Crippen LogP contribution < -0.4 is 5.14 Å². The quantitative estimate of drug-likeness (QED) is 0.631. The summed E-state index contributed by atoms with van der Waals surface area (Å²) >= 11 is 0. The Hall–Kier alpha value is -0.170. The van der Waals surface area contributed by atoms with Crippen molar-refractivity contribution >= 4 is 10.0 Å². The molecule has 0 spiro atoms. The third-order valence-electron chi connectivity index (χ3n) is 1.61. The normalized spacial score (nSPS) is 25.6. The van der Waals surface area contributed by atoms with Gasteiger partial charge in [-0.25, -0.2) is 13.6 Å². The van der Waals surface area contributed by atoms with Crippen LogP contribution in [0, 0.1) is 0 Å². The lowest BCUT2D eigenvalue weighted by molar-refractivity contribution is -0.0884. The SMILES string of the molecule is NS(=O)(=O)CCC1COCCO1. The molecule has 12 heavy (non-hydrogen) atoms. The Morgan fingerprint density at radius 1 is 1.42 bits per heavy atom. The first-order valence-electron chi connectivity index (χ1n) is 3.78. The van der Waals surface area contributed by atoms with E-state index in [1.165, 1.54) is 0 Å². The maximum absolute atomic E-state index is 10.6. The van der Waals surface area contributed by atoms with Gasteiger partial charge < -0.3 is 9.47 Å². The second kappa shape index (κ2) is 4.18. The van der Waals surface area contributed by atoms with Crippen molar-refractivity contribution in [2.24, 2.45) is 5.14 Å². The Labute approximate surface area is 71.9 Å². The van der Waals surface area contributed by atoms with Gasteiger partial charge in [0.2, 0.25) is 10.0 Å². The van der Waals surface area contributed by atoms with Crippen LogP contribution in [0.15, 0.2) is 0 Å². The smallest absolute Gasteiger partial charge is 0.209 e. The molecule has 1 saturated heterocycles. The summed E-state index contributed by atoms with van der Waals surface area (Å²) < 4.78 is 31.4. The summed E-state index contributed by atoms with van der Waals surface area (Å²) in [4.78, 5) is 0. The van der Waals surface area contributed by atoms with Crippen molar-refractivity contribution in [3.8, 4) is 0 Å². The van der Waals surface area contributed by atoms with Gasteiger partial charge in [0.25, 0.3) is 0 Å². The number of hydrogen-bond acceptors (Lipinski definition) is 4. The first kappa shape index (κ1) is 9.91. The molecule has 1 fully saturated rings. The molecule has 1 rings (SSSR count). The third kappa shape index (κ3) is 4.01. The Bertz CT molecular complexity index is 220. The number of sulfonamides is 1. The molecule has 5 nitrogen and oxygen atoms in total. The second-order valence-corrected chi connectivity index (χ2v) is 4.46. The van der Waals surface area contributed by atoms with E-state index in [1.807, 2.05) is 0 Å². The van der Waals surface area contributed by atoms with Crippen molar-refractivity contribution in [1.29, 1.82) is 0 Å². The Morgan fingerprint density at radius 2 is 2.17 bits per heavy atom. The fourth-order valence-electron chi connectivity index (χ4n) is 0.999. The zero-order chi connectivity index (χ0) is 9.03. The second-order valence-electron chi connectivity index (χ2n) is 2.72. The molecule has 0 aromatic rings. The van der Waals surface area contributed by atoms with Crippen LogP contribution >= 0.6 is 0 Å². The van der Waals surface area contributed by atoms with Gasteiger partial charge in [0.05, 0.1) is 31.7 Å². The van der Waals surface area contributed by atoms with Gasteiger partial charge in [-0.2, -0.15) is 0 Å². The van der Waals surface area contributed by atoms with Crippen LogP contribution in [0.4, 0.5) is 0 Å². The predicted molar refractivity (Wildman–Crippen MR) is 43.2 cm³/mol. The van der Waals surface area contributed by atoms with Crippen molar-refractivity contribution in [3.05, 3.63) is 0 Å².